The highest BCUT2D eigenvalue weighted by Gasteiger charge is 2.34. The lowest BCUT2D eigenvalue weighted by Crippen LogP contribution is -2.29. The zero-order chi connectivity index (χ0) is 12.3. The highest BCUT2D eigenvalue weighted by molar-refractivity contribution is 5.36. The van der Waals surface area contributed by atoms with Crippen LogP contribution >= 0.6 is 0 Å². The molecule has 0 aromatic carbocycles. The lowest BCUT2D eigenvalue weighted by atomic mass is 9.65. The summed E-state index contributed by atoms with van der Waals surface area (Å²) in [4.78, 5) is 0. The summed E-state index contributed by atoms with van der Waals surface area (Å²) in [6.07, 6.45) is 6.50. The summed E-state index contributed by atoms with van der Waals surface area (Å²) >= 11 is 0. The van der Waals surface area contributed by atoms with Gasteiger partial charge in [-0.3, -0.25) is 0 Å². The van der Waals surface area contributed by atoms with Crippen molar-refractivity contribution >= 4 is 0 Å². The molecule has 0 bridgehead atoms. The van der Waals surface area contributed by atoms with Crippen LogP contribution in [0.1, 0.15) is 47.5 Å². The Labute approximate surface area is 100 Å². The first-order valence-corrected chi connectivity index (χ1v) is 6.44. The first-order chi connectivity index (χ1) is 7.43. The molecule has 1 N–H and O–H groups in total. The van der Waals surface area contributed by atoms with Crippen LogP contribution < -0.4 is 0 Å². The Bertz CT molecular complexity index is 297. The zero-order valence-electron chi connectivity index (χ0n) is 11.4. The van der Waals surface area contributed by atoms with Gasteiger partial charge in [-0.1, -0.05) is 52.3 Å². The maximum Gasteiger partial charge on any atom is 0.0468 e. The molecule has 1 nitrogen and oxygen atoms in total. The molecule has 92 valence electrons. The van der Waals surface area contributed by atoms with Crippen LogP contribution in [0.5, 0.6) is 0 Å². The lowest BCUT2D eigenvalue weighted by molar-refractivity contribution is 0.235. The molecular formula is C15H26O. The second kappa shape index (κ2) is 5.18. The number of rotatable bonds is 4. The molecule has 0 saturated heterocycles. The predicted molar refractivity (Wildman–Crippen MR) is 70.3 cm³/mol. The number of aliphatic hydroxyl groups excluding tert-OH is 1. The van der Waals surface area contributed by atoms with Gasteiger partial charge in [0.05, 0.1) is 0 Å². The third kappa shape index (κ3) is 2.40. The van der Waals surface area contributed by atoms with Gasteiger partial charge in [-0.25, -0.2) is 0 Å². The Morgan fingerprint density at radius 3 is 2.38 bits per heavy atom. The maximum absolute atomic E-state index is 9.27. The minimum absolute atomic E-state index is 0.233. The van der Waals surface area contributed by atoms with E-state index in [1.54, 1.807) is 0 Å². The van der Waals surface area contributed by atoms with E-state index in [1.165, 1.54) is 11.1 Å². The minimum Gasteiger partial charge on any atom is -0.396 e. The van der Waals surface area contributed by atoms with Crippen LogP contribution in [0.4, 0.5) is 0 Å². The molecule has 0 saturated carbocycles. The van der Waals surface area contributed by atoms with Gasteiger partial charge in [0, 0.05) is 6.61 Å². The van der Waals surface area contributed by atoms with Gasteiger partial charge in [0.2, 0.25) is 0 Å². The minimum atomic E-state index is 0.233. The van der Waals surface area contributed by atoms with Crippen LogP contribution in [0.15, 0.2) is 23.3 Å². The van der Waals surface area contributed by atoms with E-state index in [4.69, 9.17) is 0 Å². The van der Waals surface area contributed by atoms with Gasteiger partial charge in [-0.2, -0.15) is 0 Å². The molecule has 1 aliphatic carbocycles. The summed E-state index contributed by atoms with van der Waals surface area (Å²) in [7, 11) is 0. The average Bonchev–Trinajstić information content (AvgIpc) is 2.20. The number of hydrogen-bond donors (Lipinski definition) is 1. The van der Waals surface area contributed by atoms with Crippen molar-refractivity contribution < 1.29 is 5.11 Å². The molecule has 0 aromatic heterocycles. The quantitative estimate of drug-likeness (QED) is 0.763. The lowest BCUT2D eigenvalue weighted by Gasteiger charge is -2.40. The molecule has 1 atom stereocenters. The third-order valence-electron chi connectivity index (χ3n) is 4.14. The molecule has 1 aliphatic rings. The normalized spacial score (nSPS) is 26.0. The summed E-state index contributed by atoms with van der Waals surface area (Å²) in [5, 5.41) is 9.27. The van der Waals surface area contributed by atoms with Crippen LogP contribution in [0, 0.1) is 17.3 Å². The number of hydrogen-bond acceptors (Lipinski definition) is 1. The fourth-order valence-electron chi connectivity index (χ4n) is 2.65. The molecule has 1 unspecified atom stereocenters. The Morgan fingerprint density at radius 2 is 1.94 bits per heavy atom. The van der Waals surface area contributed by atoms with Crippen molar-refractivity contribution in [3.8, 4) is 0 Å². The standard InChI is InChI=1S/C15H26O/c1-11(2)13-7-6-9-15(5,12(3)4)14(13)8-10-16/h6-7,11-12,16H,8-10H2,1-5H3. The van der Waals surface area contributed by atoms with Crippen LogP contribution in [0.25, 0.3) is 0 Å². The van der Waals surface area contributed by atoms with Crippen molar-refractivity contribution in [1.82, 2.24) is 0 Å². The van der Waals surface area contributed by atoms with E-state index in [0.717, 1.165) is 12.8 Å². The predicted octanol–water partition coefficient (Wildman–Crippen LogP) is 3.94. The topological polar surface area (TPSA) is 20.2 Å². The van der Waals surface area contributed by atoms with Crippen LogP contribution in [-0.4, -0.2) is 11.7 Å². The first-order valence-electron chi connectivity index (χ1n) is 6.44. The van der Waals surface area contributed by atoms with E-state index in [9.17, 15) is 5.11 Å². The molecule has 0 radical (unpaired) electrons. The number of aliphatic hydroxyl groups is 1. The van der Waals surface area contributed by atoms with E-state index in [0.29, 0.717) is 11.8 Å². The molecule has 0 heterocycles. The van der Waals surface area contributed by atoms with E-state index in [-0.39, 0.29) is 12.0 Å². The summed E-state index contributed by atoms with van der Waals surface area (Å²) in [5.41, 5.74) is 3.15. The van der Waals surface area contributed by atoms with Gasteiger partial charge in [0.15, 0.2) is 0 Å². The van der Waals surface area contributed by atoms with Crippen molar-refractivity contribution in [1.29, 1.82) is 0 Å². The summed E-state index contributed by atoms with van der Waals surface area (Å²) < 4.78 is 0. The Morgan fingerprint density at radius 1 is 1.31 bits per heavy atom. The van der Waals surface area contributed by atoms with Gasteiger partial charge in [-0.15, -0.1) is 0 Å². The largest absolute Gasteiger partial charge is 0.396 e. The number of allylic oxidation sites excluding steroid dienone is 3. The molecule has 0 fully saturated rings. The maximum atomic E-state index is 9.27. The van der Waals surface area contributed by atoms with Gasteiger partial charge in [0.25, 0.3) is 0 Å². The molecular weight excluding hydrogens is 196 g/mol. The van der Waals surface area contributed by atoms with Crippen LogP contribution in [0.3, 0.4) is 0 Å². The molecule has 0 aliphatic heterocycles. The molecule has 0 spiro atoms. The van der Waals surface area contributed by atoms with Gasteiger partial charge in [-0.05, 0) is 35.7 Å². The molecule has 0 amide bonds. The molecule has 1 heteroatoms. The van der Waals surface area contributed by atoms with Crippen molar-refractivity contribution in [2.24, 2.45) is 17.3 Å². The highest BCUT2D eigenvalue weighted by atomic mass is 16.2. The van der Waals surface area contributed by atoms with Gasteiger partial charge < -0.3 is 5.11 Å². The van der Waals surface area contributed by atoms with Gasteiger partial charge >= 0.3 is 0 Å². The second-order valence-corrected chi connectivity index (χ2v) is 5.74. The molecule has 0 aromatic rings. The Balaban J connectivity index is 3.19. The van der Waals surface area contributed by atoms with Gasteiger partial charge in [0.1, 0.15) is 0 Å². The highest BCUT2D eigenvalue weighted by Crippen LogP contribution is 2.46. The summed E-state index contributed by atoms with van der Waals surface area (Å²) in [6, 6.07) is 0. The smallest absolute Gasteiger partial charge is 0.0468 e. The first kappa shape index (κ1) is 13.5. The van der Waals surface area contributed by atoms with Crippen molar-refractivity contribution in [2.75, 3.05) is 6.61 Å². The zero-order valence-corrected chi connectivity index (χ0v) is 11.4. The fourth-order valence-corrected chi connectivity index (χ4v) is 2.65. The SMILES string of the molecule is CC(C)C1=C(CCO)C(C)(C(C)C)CC=C1. The fraction of sp³-hybridized carbons (Fsp3) is 0.733. The van der Waals surface area contributed by atoms with Crippen molar-refractivity contribution in [2.45, 2.75) is 47.5 Å². The van der Waals surface area contributed by atoms with Crippen molar-refractivity contribution in [3.63, 3.8) is 0 Å². The molecule has 1 rings (SSSR count). The second-order valence-electron chi connectivity index (χ2n) is 5.74. The van der Waals surface area contributed by atoms with E-state index >= 15 is 0 Å². The monoisotopic (exact) mass is 222 g/mol. The van der Waals surface area contributed by atoms with E-state index in [1.807, 2.05) is 0 Å². The summed E-state index contributed by atoms with van der Waals surface area (Å²) in [5.74, 6) is 1.17. The van der Waals surface area contributed by atoms with Crippen LogP contribution in [-0.2, 0) is 0 Å². The van der Waals surface area contributed by atoms with E-state index < -0.39 is 0 Å². The average molecular weight is 222 g/mol. The molecule has 16 heavy (non-hydrogen) atoms. The van der Waals surface area contributed by atoms with E-state index in [2.05, 4.69) is 46.8 Å². The summed E-state index contributed by atoms with van der Waals surface area (Å²) in [6.45, 7) is 11.7. The Kier molecular flexibility index (Phi) is 4.37. The Hall–Kier alpha value is -0.560. The third-order valence-corrected chi connectivity index (χ3v) is 4.14. The van der Waals surface area contributed by atoms with Crippen molar-refractivity contribution in [3.05, 3.63) is 23.3 Å². The van der Waals surface area contributed by atoms with Crippen LogP contribution in [0.2, 0.25) is 0 Å².